The van der Waals surface area contributed by atoms with E-state index in [-0.39, 0.29) is 5.41 Å². The largest absolute Gasteiger partial charge is 0.478 e. The van der Waals surface area contributed by atoms with Crippen molar-refractivity contribution in [3.63, 3.8) is 0 Å². The van der Waals surface area contributed by atoms with E-state index in [4.69, 9.17) is 0 Å². The molecule has 0 fully saturated rings. The quantitative estimate of drug-likeness (QED) is 0.386. The van der Waals surface area contributed by atoms with Gasteiger partial charge in [0.15, 0.2) is 0 Å². The van der Waals surface area contributed by atoms with Gasteiger partial charge in [-0.2, -0.15) is 0 Å². The second kappa shape index (κ2) is 9.11. The monoisotopic (exact) mass is 384 g/mol. The fraction of sp³-hybridized carbons (Fsp3) is 0.577. The van der Waals surface area contributed by atoms with Gasteiger partial charge in [0, 0.05) is 5.57 Å². The summed E-state index contributed by atoms with van der Waals surface area (Å²) in [4.78, 5) is 11.3. The molecule has 2 nitrogen and oxygen atoms in total. The average molecular weight is 385 g/mol. The van der Waals surface area contributed by atoms with E-state index in [1.54, 1.807) is 6.92 Å². The molecule has 0 radical (unpaired) electrons. The van der Waals surface area contributed by atoms with Crippen molar-refractivity contribution in [1.82, 2.24) is 0 Å². The molecule has 0 saturated carbocycles. The van der Waals surface area contributed by atoms with Crippen LogP contribution in [-0.2, 0) is 4.79 Å². The maximum Gasteiger partial charge on any atom is 0.331 e. The lowest BCUT2D eigenvalue weighted by molar-refractivity contribution is -0.132. The third kappa shape index (κ3) is 4.96. The first-order valence-corrected chi connectivity index (χ1v) is 10.4. The van der Waals surface area contributed by atoms with Crippen molar-refractivity contribution in [3.8, 4) is 0 Å². The number of carboxylic acids is 1. The molecule has 0 heterocycles. The van der Waals surface area contributed by atoms with E-state index in [1.807, 2.05) is 13.8 Å². The van der Waals surface area contributed by atoms with Crippen molar-refractivity contribution < 1.29 is 9.90 Å². The lowest BCUT2D eigenvalue weighted by Crippen LogP contribution is -2.21. The molecular formula is C26H40O2. The Morgan fingerprint density at radius 3 is 1.54 bits per heavy atom. The molecule has 0 atom stereocenters. The normalized spacial score (nSPS) is 20.8. The summed E-state index contributed by atoms with van der Waals surface area (Å²) in [5, 5.41) is 9.31. The maximum absolute atomic E-state index is 11.3. The van der Waals surface area contributed by atoms with Gasteiger partial charge in [-0.25, -0.2) is 4.79 Å². The molecule has 2 heteroatoms. The van der Waals surface area contributed by atoms with E-state index >= 15 is 0 Å². The van der Waals surface area contributed by atoms with E-state index in [9.17, 15) is 9.90 Å². The molecule has 0 bridgehead atoms. The maximum atomic E-state index is 11.3. The second-order valence-electron chi connectivity index (χ2n) is 9.20. The molecule has 0 aromatic heterocycles. The summed E-state index contributed by atoms with van der Waals surface area (Å²) >= 11 is 0. The van der Waals surface area contributed by atoms with Crippen LogP contribution in [0.25, 0.3) is 0 Å². The van der Waals surface area contributed by atoms with Gasteiger partial charge >= 0.3 is 5.97 Å². The Kier molecular flexibility index (Phi) is 7.88. The van der Waals surface area contributed by atoms with Crippen LogP contribution in [0.5, 0.6) is 0 Å². The van der Waals surface area contributed by atoms with Gasteiger partial charge in [0.25, 0.3) is 0 Å². The number of carbonyl (C=O) groups is 1. The molecule has 1 rings (SSSR count). The molecule has 0 saturated heterocycles. The summed E-state index contributed by atoms with van der Waals surface area (Å²) in [6.45, 7) is 23.6. The highest BCUT2D eigenvalue weighted by molar-refractivity contribution is 5.87. The lowest BCUT2D eigenvalue weighted by atomic mass is 9.69. The van der Waals surface area contributed by atoms with Gasteiger partial charge in [-0.3, -0.25) is 0 Å². The Hall–Kier alpha value is -1.83. The molecule has 0 aromatic carbocycles. The van der Waals surface area contributed by atoms with E-state index in [0.29, 0.717) is 5.57 Å². The van der Waals surface area contributed by atoms with Crippen molar-refractivity contribution in [1.29, 1.82) is 0 Å². The number of allylic oxidation sites excluding steroid dienone is 9. The Morgan fingerprint density at radius 2 is 1.14 bits per heavy atom. The first-order valence-electron chi connectivity index (χ1n) is 10.4. The highest BCUT2D eigenvalue weighted by Crippen LogP contribution is 2.45. The minimum Gasteiger partial charge on any atom is -0.478 e. The topological polar surface area (TPSA) is 37.3 Å². The predicted octanol–water partition coefficient (Wildman–Crippen LogP) is 7.94. The zero-order chi connectivity index (χ0) is 22.0. The summed E-state index contributed by atoms with van der Waals surface area (Å²) in [7, 11) is 0. The zero-order valence-corrected chi connectivity index (χ0v) is 20.0. The first kappa shape index (κ1) is 24.2. The van der Waals surface area contributed by atoms with E-state index in [0.717, 1.165) is 16.7 Å². The fourth-order valence-corrected chi connectivity index (χ4v) is 4.49. The third-order valence-corrected chi connectivity index (χ3v) is 7.09. The number of hydrogen-bond acceptors (Lipinski definition) is 1. The summed E-state index contributed by atoms with van der Waals surface area (Å²) in [6, 6.07) is 0. The summed E-state index contributed by atoms with van der Waals surface area (Å²) in [5.41, 5.74) is 12.0. The van der Waals surface area contributed by atoms with Crippen LogP contribution < -0.4 is 0 Å². The SMILES string of the molecule is CC1=C(/C(C)=C(C)/C(C)=C(C)/C(C)=C(C)/C(C)=C(/C)C(=O)O)C(C)(C)CCC1. The molecule has 0 amide bonds. The van der Waals surface area contributed by atoms with Crippen molar-refractivity contribution in [2.45, 2.75) is 95.4 Å². The second-order valence-corrected chi connectivity index (χ2v) is 9.20. The molecule has 1 N–H and O–H groups in total. The molecule has 0 unspecified atom stereocenters. The Balaban J connectivity index is 3.56. The molecule has 1 aliphatic carbocycles. The van der Waals surface area contributed by atoms with Crippen LogP contribution in [0.15, 0.2) is 55.7 Å². The average Bonchev–Trinajstić information content (AvgIpc) is 2.62. The van der Waals surface area contributed by atoms with E-state index in [2.05, 4.69) is 55.4 Å². The van der Waals surface area contributed by atoms with Gasteiger partial charge in [0.2, 0.25) is 0 Å². The smallest absolute Gasteiger partial charge is 0.331 e. The molecule has 0 aromatic rings. The standard InChI is InChI=1S/C26H40O2/c1-15-13-12-14-26(10,11)24(15)22(8)20(6)18(4)16(2)17(3)19(5)21(7)23(9)25(27)28/h12-14H2,1-11H3,(H,27,28)/b18-16+,19-17+,22-20+,23-21-. The van der Waals surface area contributed by atoms with Crippen molar-refractivity contribution in [3.05, 3.63) is 55.7 Å². The molecule has 156 valence electrons. The van der Waals surface area contributed by atoms with E-state index in [1.165, 1.54) is 52.7 Å². The Morgan fingerprint density at radius 1 is 0.750 bits per heavy atom. The van der Waals surface area contributed by atoms with Crippen LogP contribution >= 0.6 is 0 Å². The summed E-state index contributed by atoms with van der Waals surface area (Å²) in [6.07, 6.45) is 3.71. The number of aliphatic carboxylic acids is 1. The molecule has 1 aliphatic rings. The third-order valence-electron chi connectivity index (χ3n) is 7.09. The van der Waals surface area contributed by atoms with Crippen LogP contribution in [0.4, 0.5) is 0 Å². The highest BCUT2D eigenvalue weighted by atomic mass is 16.4. The van der Waals surface area contributed by atoms with Gasteiger partial charge < -0.3 is 5.11 Å². The predicted molar refractivity (Wildman–Crippen MR) is 121 cm³/mol. The molecule has 0 spiro atoms. The summed E-state index contributed by atoms with van der Waals surface area (Å²) in [5.74, 6) is -0.850. The van der Waals surface area contributed by atoms with Gasteiger partial charge in [-0.1, -0.05) is 19.4 Å². The van der Waals surface area contributed by atoms with Crippen LogP contribution in [-0.4, -0.2) is 11.1 Å². The van der Waals surface area contributed by atoms with Crippen molar-refractivity contribution in [2.75, 3.05) is 0 Å². The number of hydrogen-bond donors (Lipinski definition) is 1. The number of rotatable bonds is 5. The fourth-order valence-electron chi connectivity index (χ4n) is 4.49. The molecular weight excluding hydrogens is 344 g/mol. The van der Waals surface area contributed by atoms with Crippen molar-refractivity contribution >= 4 is 5.97 Å². The van der Waals surface area contributed by atoms with Gasteiger partial charge in [-0.15, -0.1) is 0 Å². The summed E-state index contributed by atoms with van der Waals surface area (Å²) < 4.78 is 0. The first-order chi connectivity index (χ1) is 12.7. The minimum atomic E-state index is -0.850. The minimum absolute atomic E-state index is 0.223. The molecule has 0 aliphatic heterocycles. The molecule has 28 heavy (non-hydrogen) atoms. The zero-order valence-electron chi connectivity index (χ0n) is 20.0. The van der Waals surface area contributed by atoms with Crippen LogP contribution in [0.2, 0.25) is 0 Å². The number of carboxylic acid groups (broad SMARTS) is 1. The Labute approximate surface area is 172 Å². The van der Waals surface area contributed by atoms with Crippen LogP contribution in [0, 0.1) is 5.41 Å². The lowest BCUT2D eigenvalue weighted by Gasteiger charge is -2.36. The van der Waals surface area contributed by atoms with Gasteiger partial charge in [0.05, 0.1) is 0 Å². The van der Waals surface area contributed by atoms with Crippen LogP contribution in [0.1, 0.15) is 95.4 Å². The highest BCUT2D eigenvalue weighted by Gasteiger charge is 2.30. The van der Waals surface area contributed by atoms with Gasteiger partial charge in [0.1, 0.15) is 0 Å². The van der Waals surface area contributed by atoms with Crippen LogP contribution in [0.3, 0.4) is 0 Å². The van der Waals surface area contributed by atoms with E-state index < -0.39 is 5.97 Å². The Bertz CT molecular complexity index is 820. The van der Waals surface area contributed by atoms with Crippen molar-refractivity contribution in [2.24, 2.45) is 5.41 Å². The van der Waals surface area contributed by atoms with Gasteiger partial charge in [-0.05, 0) is 132 Å².